The highest BCUT2D eigenvalue weighted by atomic mass is 15.2. The van der Waals surface area contributed by atoms with Gasteiger partial charge >= 0.3 is 0 Å². The van der Waals surface area contributed by atoms with Crippen LogP contribution in [-0.4, -0.2) is 41.8 Å². The monoisotopic (exact) mass is 228 g/mol. The molecule has 1 aliphatic heterocycles. The molecule has 0 amide bonds. The highest BCUT2D eigenvalue weighted by molar-refractivity contribution is 5.77. The molecule has 1 aliphatic rings. The molecular weight excluding hydrogens is 212 g/mol. The van der Waals surface area contributed by atoms with Crippen LogP contribution in [0.1, 0.15) is 11.7 Å². The number of hydrogen-bond donors (Lipinski definition) is 1. The lowest BCUT2D eigenvalue weighted by Gasteiger charge is -2.32. The topological polar surface area (TPSA) is 41.0 Å². The highest BCUT2D eigenvalue weighted by Gasteiger charge is 2.21. The van der Waals surface area contributed by atoms with Crippen LogP contribution in [0.25, 0.3) is 10.9 Å². The molecule has 0 spiro atoms. The summed E-state index contributed by atoms with van der Waals surface area (Å²) in [4.78, 5) is 2.33. The lowest BCUT2D eigenvalue weighted by atomic mass is 10.1. The first-order valence-electron chi connectivity index (χ1n) is 5.98. The van der Waals surface area contributed by atoms with Crippen molar-refractivity contribution in [1.82, 2.24) is 20.4 Å². The van der Waals surface area contributed by atoms with Gasteiger partial charge in [-0.15, -0.1) is 0 Å². The van der Waals surface area contributed by atoms with Crippen molar-refractivity contribution in [3.05, 3.63) is 36.0 Å². The normalized spacial score (nSPS) is 21.8. The number of nitrogens with zero attached hydrogens (tertiary/aromatic N) is 3. The van der Waals surface area contributed by atoms with Crippen LogP contribution < -0.4 is 5.32 Å². The summed E-state index contributed by atoms with van der Waals surface area (Å²) < 4.78 is 0. The zero-order valence-electron chi connectivity index (χ0n) is 9.93. The first-order chi connectivity index (χ1) is 8.34. The summed E-state index contributed by atoms with van der Waals surface area (Å²) in [6.45, 7) is 3.05. The van der Waals surface area contributed by atoms with Crippen LogP contribution in [-0.2, 0) is 0 Å². The maximum Gasteiger partial charge on any atom is 0.0929 e. The Bertz CT molecular complexity index is 526. The Morgan fingerprint density at radius 1 is 1.29 bits per heavy atom. The minimum absolute atomic E-state index is 0.334. The van der Waals surface area contributed by atoms with Crippen molar-refractivity contribution in [3.63, 3.8) is 0 Å². The average Bonchev–Trinajstić information content (AvgIpc) is 2.39. The van der Waals surface area contributed by atoms with Gasteiger partial charge in [0.25, 0.3) is 0 Å². The van der Waals surface area contributed by atoms with Gasteiger partial charge < -0.3 is 5.32 Å². The quantitative estimate of drug-likeness (QED) is 0.796. The van der Waals surface area contributed by atoms with Gasteiger partial charge in [-0.2, -0.15) is 10.2 Å². The van der Waals surface area contributed by atoms with Crippen molar-refractivity contribution in [1.29, 1.82) is 0 Å². The fourth-order valence-electron chi connectivity index (χ4n) is 2.30. The van der Waals surface area contributed by atoms with E-state index in [4.69, 9.17) is 0 Å². The van der Waals surface area contributed by atoms with Gasteiger partial charge in [0.1, 0.15) is 0 Å². The summed E-state index contributed by atoms with van der Waals surface area (Å²) in [5, 5.41) is 13.2. The third-order valence-corrected chi connectivity index (χ3v) is 3.37. The summed E-state index contributed by atoms with van der Waals surface area (Å²) in [6, 6.07) is 10.6. The molecule has 4 nitrogen and oxygen atoms in total. The van der Waals surface area contributed by atoms with E-state index in [-0.39, 0.29) is 0 Å². The SMILES string of the molecule is CN1CCNCC1c1cc2ccccc2nn1. The fourth-order valence-corrected chi connectivity index (χ4v) is 2.30. The number of rotatable bonds is 1. The Kier molecular flexibility index (Phi) is 2.74. The minimum Gasteiger partial charge on any atom is -0.313 e. The minimum atomic E-state index is 0.334. The third-order valence-electron chi connectivity index (χ3n) is 3.37. The van der Waals surface area contributed by atoms with Gasteiger partial charge in [0.05, 0.1) is 17.3 Å². The van der Waals surface area contributed by atoms with Gasteiger partial charge in [0, 0.05) is 25.0 Å². The van der Waals surface area contributed by atoms with Gasteiger partial charge in [-0.3, -0.25) is 4.90 Å². The summed E-state index contributed by atoms with van der Waals surface area (Å²) in [5.74, 6) is 0. The van der Waals surface area contributed by atoms with Gasteiger partial charge in [0.15, 0.2) is 0 Å². The van der Waals surface area contributed by atoms with Crippen LogP contribution in [0.15, 0.2) is 30.3 Å². The zero-order valence-corrected chi connectivity index (χ0v) is 9.93. The second-order valence-electron chi connectivity index (χ2n) is 4.53. The third kappa shape index (κ3) is 2.01. The van der Waals surface area contributed by atoms with Crippen LogP contribution in [0, 0.1) is 0 Å². The predicted octanol–water partition coefficient (Wildman–Crippen LogP) is 1.21. The zero-order chi connectivity index (χ0) is 11.7. The maximum atomic E-state index is 4.35. The smallest absolute Gasteiger partial charge is 0.0929 e. The summed E-state index contributed by atoms with van der Waals surface area (Å²) in [7, 11) is 2.14. The molecule has 2 aromatic rings. The van der Waals surface area contributed by atoms with Crippen LogP contribution in [0.2, 0.25) is 0 Å². The Morgan fingerprint density at radius 2 is 2.18 bits per heavy atom. The van der Waals surface area contributed by atoms with Crippen molar-refractivity contribution in [2.75, 3.05) is 26.7 Å². The van der Waals surface area contributed by atoms with Crippen molar-refractivity contribution in [2.45, 2.75) is 6.04 Å². The molecule has 4 heteroatoms. The van der Waals surface area contributed by atoms with Crippen LogP contribution in [0.4, 0.5) is 0 Å². The molecule has 3 rings (SSSR count). The summed E-state index contributed by atoms with van der Waals surface area (Å²) in [5.41, 5.74) is 2.01. The first kappa shape index (κ1) is 10.6. The number of nitrogens with one attached hydrogen (secondary N) is 1. The van der Waals surface area contributed by atoms with Crippen molar-refractivity contribution < 1.29 is 0 Å². The predicted molar refractivity (Wildman–Crippen MR) is 67.8 cm³/mol. The van der Waals surface area contributed by atoms with Crippen molar-refractivity contribution >= 4 is 10.9 Å². The lowest BCUT2D eigenvalue weighted by molar-refractivity contribution is 0.197. The standard InChI is InChI=1S/C13H16N4/c1-17-7-6-14-9-13(17)12-8-10-4-2-3-5-11(10)15-16-12/h2-5,8,13-14H,6-7,9H2,1H3. The Balaban J connectivity index is 1.99. The first-order valence-corrected chi connectivity index (χ1v) is 5.98. The summed E-state index contributed by atoms with van der Waals surface area (Å²) >= 11 is 0. The molecule has 0 radical (unpaired) electrons. The van der Waals surface area contributed by atoms with E-state index in [9.17, 15) is 0 Å². The van der Waals surface area contributed by atoms with E-state index in [1.165, 1.54) is 0 Å². The van der Waals surface area contributed by atoms with E-state index in [2.05, 4.69) is 39.6 Å². The number of aromatic nitrogens is 2. The molecule has 1 saturated heterocycles. The molecule has 0 aliphatic carbocycles. The average molecular weight is 228 g/mol. The maximum absolute atomic E-state index is 4.35. The number of likely N-dealkylation sites (N-methyl/N-ethyl adjacent to an activating group) is 1. The Hall–Kier alpha value is -1.52. The number of fused-ring (bicyclic) bond motifs is 1. The van der Waals surface area contributed by atoms with Gasteiger partial charge in [-0.25, -0.2) is 0 Å². The molecule has 1 atom stereocenters. The lowest BCUT2D eigenvalue weighted by Crippen LogP contribution is -2.44. The van der Waals surface area contributed by atoms with Crippen LogP contribution >= 0.6 is 0 Å². The Labute approximate surface area is 101 Å². The molecule has 1 N–H and O–H groups in total. The number of piperazine rings is 1. The number of benzene rings is 1. The van der Waals surface area contributed by atoms with Crippen molar-refractivity contribution in [2.24, 2.45) is 0 Å². The van der Waals surface area contributed by atoms with Crippen LogP contribution in [0.5, 0.6) is 0 Å². The summed E-state index contributed by atoms with van der Waals surface area (Å²) in [6.07, 6.45) is 0. The van der Waals surface area contributed by atoms with Crippen molar-refractivity contribution in [3.8, 4) is 0 Å². The van der Waals surface area contributed by atoms with Gasteiger partial charge in [-0.05, 0) is 19.2 Å². The second kappa shape index (κ2) is 4.39. The molecule has 2 heterocycles. The molecule has 0 saturated carbocycles. The van der Waals surface area contributed by atoms with E-state index >= 15 is 0 Å². The fraction of sp³-hybridized carbons (Fsp3) is 0.385. The molecule has 17 heavy (non-hydrogen) atoms. The number of hydrogen-bond acceptors (Lipinski definition) is 4. The Morgan fingerprint density at radius 3 is 3.06 bits per heavy atom. The van der Waals surface area contributed by atoms with Crippen LogP contribution in [0.3, 0.4) is 0 Å². The van der Waals surface area contributed by atoms with E-state index in [0.717, 1.165) is 36.2 Å². The molecule has 0 bridgehead atoms. The molecule has 1 unspecified atom stereocenters. The molecule has 1 aromatic carbocycles. The molecule has 1 aromatic heterocycles. The van der Waals surface area contributed by atoms with E-state index < -0.39 is 0 Å². The molecular formula is C13H16N4. The largest absolute Gasteiger partial charge is 0.313 e. The van der Waals surface area contributed by atoms with Gasteiger partial charge in [0.2, 0.25) is 0 Å². The van der Waals surface area contributed by atoms with E-state index in [0.29, 0.717) is 6.04 Å². The second-order valence-corrected chi connectivity index (χ2v) is 4.53. The van der Waals surface area contributed by atoms with Gasteiger partial charge in [-0.1, -0.05) is 18.2 Å². The van der Waals surface area contributed by atoms with E-state index in [1.807, 2.05) is 18.2 Å². The highest BCUT2D eigenvalue weighted by Crippen LogP contribution is 2.20. The molecule has 88 valence electrons. The molecule has 1 fully saturated rings. The van der Waals surface area contributed by atoms with E-state index in [1.54, 1.807) is 0 Å².